The van der Waals surface area contributed by atoms with E-state index in [4.69, 9.17) is 46.4 Å². The van der Waals surface area contributed by atoms with E-state index in [0.717, 1.165) is 24.2 Å². The van der Waals surface area contributed by atoms with Gasteiger partial charge in [-0.1, -0.05) is 53.3 Å². The average molecular weight is 543 g/mol. The summed E-state index contributed by atoms with van der Waals surface area (Å²) in [6, 6.07) is 7.90. The van der Waals surface area contributed by atoms with Gasteiger partial charge in [0.2, 0.25) is 18.7 Å². The highest BCUT2D eigenvalue weighted by Crippen LogP contribution is 2.56. The molecule has 2 N–H and O–H groups in total. The molecule has 3 unspecified atom stereocenters. The van der Waals surface area contributed by atoms with Crippen molar-refractivity contribution in [2.75, 3.05) is 10.2 Å². The first-order chi connectivity index (χ1) is 16.1. The van der Waals surface area contributed by atoms with Gasteiger partial charge in [0.1, 0.15) is 0 Å². The second-order valence-electron chi connectivity index (χ2n) is 9.12. The van der Waals surface area contributed by atoms with Crippen LogP contribution in [0.1, 0.15) is 38.7 Å². The Balaban J connectivity index is 1.80. The number of hydrogen-bond donors (Lipinski definition) is 2. The number of halogens is 4. The van der Waals surface area contributed by atoms with Crippen molar-refractivity contribution in [1.82, 2.24) is 5.32 Å². The number of carbonyl (C=O) groups is 3. The average Bonchev–Trinajstić information content (AvgIpc) is 2.98. The zero-order valence-electron chi connectivity index (χ0n) is 18.5. The van der Waals surface area contributed by atoms with Crippen molar-refractivity contribution in [2.45, 2.75) is 44.2 Å². The fraction of sp³-hybridized carbons (Fsp3) is 0.375. The van der Waals surface area contributed by atoms with Crippen LogP contribution in [0.5, 0.6) is 0 Å². The Labute approximate surface area is 217 Å². The number of rotatable bonds is 6. The van der Waals surface area contributed by atoms with Crippen LogP contribution in [0, 0.1) is 11.8 Å². The second kappa shape index (κ2) is 9.32. The lowest BCUT2D eigenvalue weighted by Crippen LogP contribution is -2.57. The van der Waals surface area contributed by atoms with Crippen molar-refractivity contribution in [3.63, 3.8) is 0 Å². The van der Waals surface area contributed by atoms with E-state index in [9.17, 15) is 14.4 Å². The summed E-state index contributed by atoms with van der Waals surface area (Å²) >= 11 is 25.0. The molecule has 10 heteroatoms. The molecular formula is C24H23Cl4N3O3. The Morgan fingerprint density at radius 2 is 1.68 bits per heavy atom. The predicted molar refractivity (Wildman–Crippen MR) is 136 cm³/mol. The lowest BCUT2D eigenvalue weighted by atomic mass is 9.65. The standard InChI is InChI=1S/C24H23Cl4N3O3/c1-13-20(22(34)31(12-33)17-7-14(25)6-15(26)8-17)24(4-3-5-24)30-23(13,2)18-9-16(27)10-19(28)21(18)29-11-32/h6-13,20,30H,3-5H2,1-2H3,(H,29,32). The van der Waals surface area contributed by atoms with Crippen LogP contribution < -0.4 is 15.5 Å². The van der Waals surface area contributed by atoms with E-state index in [2.05, 4.69) is 10.6 Å². The van der Waals surface area contributed by atoms with Crippen LogP contribution in [0.2, 0.25) is 20.1 Å². The van der Waals surface area contributed by atoms with E-state index < -0.39 is 17.0 Å². The van der Waals surface area contributed by atoms with E-state index in [1.54, 1.807) is 12.1 Å². The van der Waals surface area contributed by atoms with Crippen LogP contribution in [-0.4, -0.2) is 24.3 Å². The van der Waals surface area contributed by atoms with Gasteiger partial charge in [0.15, 0.2) is 0 Å². The molecule has 4 rings (SSSR count). The van der Waals surface area contributed by atoms with Gasteiger partial charge in [-0.15, -0.1) is 0 Å². The van der Waals surface area contributed by atoms with Crippen molar-refractivity contribution < 1.29 is 14.4 Å². The zero-order chi connectivity index (χ0) is 24.8. The maximum Gasteiger partial charge on any atom is 0.238 e. The molecule has 1 aliphatic heterocycles. The molecule has 2 aromatic rings. The highest BCUT2D eigenvalue weighted by Gasteiger charge is 2.63. The lowest BCUT2D eigenvalue weighted by molar-refractivity contribution is -0.128. The molecule has 2 aliphatic rings. The van der Waals surface area contributed by atoms with Crippen molar-refractivity contribution >= 4 is 76.5 Å². The molecule has 0 aromatic heterocycles. The van der Waals surface area contributed by atoms with Crippen molar-refractivity contribution in [3.05, 3.63) is 56.0 Å². The molecule has 0 bridgehead atoms. The van der Waals surface area contributed by atoms with Crippen LogP contribution in [0.15, 0.2) is 30.3 Å². The third kappa shape index (κ3) is 4.10. The first-order valence-electron chi connectivity index (χ1n) is 10.8. The largest absolute Gasteiger partial charge is 0.327 e. The van der Waals surface area contributed by atoms with Crippen LogP contribution in [0.3, 0.4) is 0 Å². The lowest BCUT2D eigenvalue weighted by Gasteiger charge is -2.45. The maximum absolute atomic E-state index is 13.9. The SMILES string of the molecule is CC1C(C(=O)N(C=O)c2cc(Cl)cc(Cl)c2)C2(CCC2)NC1(C)c1cc(Cl)cc(Cl)c1NC=O. The number of amides is 3. The molecule has 3 amide bonds. The zero-order valence-corrected chi connectivity index (χ0v) is 21.5. The fourth-order valence-electron chi connectivity index (χ4n) is 5.53. The molecule has 1 saturated carbocycles. The molecule has 6 nitrogen and oxygen atoms in total. The summed E-state index contributed by atoms with van der Waals surface area (Å²) in [5.74, 6) is -1.19. The van der Waals surface area contributed by atoms with Gasteiger partial charge < -0.3 is 10.6 Å². The molecule has 34 heavy (non-hydrogen) atoms. The Bertz CT molecular complexity index is 1150. The molecule has 180 valence electrons. The number of nitrogens with zero attached hydrogens (tertiary/aromatic N) is 1. The minimum atomic E-state index is -0.777. The highest BCUT2D eigenvalue weighted by atomic mass is 35.5. The molecule has 3 atom stereocenters. The van der Waals surface area contributed by atoms with Gasteiger partial charge in [-0.25, -0.2) is 0 Å². The van der Waals surface area contributed by atoms with E-state index in [0.29, 0.717) is 49.8 Å². The smallest absolute Gasteiger partial charge is 0.238 e. The van der Waals surface area contributed by atoms with Gasteiger partial charge in [-0.3, -0.25) is 19.3 Å². The van der Waals surface area contributed by atoms with Crippen LogP contribution in [-0.2, 0) is 19.9 Å². The van der Waals surface area contributed by atoms with Crippen LogP contribution in [0.4, 0.5) is 11.4 Å². The van der Waals surface area contributed by atoms with Crippen molar-refractivity contribution in [1.29, 1.82) is 0 Å². The number of carbonyl (C=O) groups excluding carboxylic acids is 3. The van der Waals surface area contributed by atoms with Crippen molar-refractivity contribution in [3.8, 4) is 0 Å². The Hall–Kier alpha value is -1.83. The summed E-state index contributed by atoms with van der Waals surface area (Å²) in [4.78, 5) is 38.5. The molecule has 2 aromatic carbocycles. The first kappa shape index (κ1) is 25.3. The normalized spacial score (nSPS) is 25.0. The van der Waals surface area contributed by atoms with Gasteiger partial charge in [0.25, 0.3) is 0 Å². The van der Waals surface area contributed by atoms with E-state index in [1.807, 2.05) is 13.8 Å². The third-order valence-electron chi connectivity index (χ3n) is 7.31. The van der Waals surface area contributed by atoms with Crippen molar-refractivity contribution in [2.24, 2.45) is 11.8 Å². The molecule has 2 fully saturated rings. The first-order valence-corrected chi connectivity index (χ1v) is 12.3. The van der Waals surface area contributed by atoms with Gasteiger partial charge >= 0.3 is 0 Å². The van der Waals surface area contributed by atoms with E-state index in [-0.39, 0.29) is 11.8 Å². The molecule has 0 radical (unpaired) electrons. The van der Waals surface area contributed by atoms with E-state index >= 15 is 0 Å². The fourth-order valence-corrected chi connectivity index (χ4v) is 6.60. The topological polar surface area (TPSA) is 78.5 Å². The maximum atomic E-state index is 13.9. The minimum Gasteiger partial charge on any atom is -0.327 e. The monoisotopic (exact) mass is 541 g/mol. The van der Waals surface area contributed by atoms with Gasteiger partial charge in [-0.05, 0) is 68.0 Å². The number of nitrogens with one attached hydrogen (secondary N) is 2. The number of anilines is 2. The second-order valence-corrected chi connectivity index (χ2v) is 10.8. The number of benzene rings is 2. The van der Waals surface area contributed by atoms with E-state index in [1.165, 1.54) is 18.2 Å². The Morgan fingerprint density at radius 1 is 1.06 bits per heavy atom. The Morgan fingerprint density at radius 3 is 2.21 bits per heavy atom. The molecule has 1 aliphatic carbocycles. The van der Waals surface area contributed by atoms with Crippen LogP contribution in [0.25, 0.3) is 0 Å². The molecular weight excluding hydrogens is 520 g/mol. The summed E-state index contributed by atoms with van der Waals surface area (Å²) < 4.78 is 0. The molecule has 1 spiro atoms. The summed E-state index contributed by atoms with van der Waals surface area (Å²) in [6.07, 6.45) is 3.52. The third-order valence-corrected chi connectivity index (χ3v) is 8.27. The summed E-state index contributed by atoms with van der Waals surface area (Å²) in [5.41, 5.74) is 0.111. The van der Waals surface area contributed by atoms with Gasteiger partial charge in [0, 0.05) is 26.1 Å². The summed E-state index contributed by atoms with van der Waals surface area (Å²) in [7, 11) is 0. The molecule has 1 saturated heterocycles. The van der Waals surface area contributed by atoms with Gasteiger partial charge in [-0.2, -0.15) is 0 Å². The number of hydrogen-bond acceptors (Lipinski definition) is 4. The summed E-state index contributed by atoms with van der Waals surface area (Å²) in [5, 5.41) is 7.72. The highest BCUT2D eigenvalue weighted by molar-refractivity contribution is 6.37. The number of imide groups is 1. The minimum absolute atomic E-state index is 0.292. The van der Waals surface area contributed by atoms with Gasteiger partial charge in [0.05, 0.1) is 22.3 Å². The summed E-state index contributed by atoms with van der Waals surface area (Å²) in [6.45, 7) is 3.92. The Kier molecular flexibility index (Phi) is 6.93. The molecule has 1 heterocycles. The predicted octanol–water partition coefficient (Wildman–Crippen LogP) is 6.05. The quantitative estimate of drug-likeness (QED) is 0.435. The van der Waals surface area contributed by atoms with Crippen LogP contribution >= 0.6 is 46.4 Å².